The smallest absolute Gasteiger partial charge is 0.225 e. The van der Waals surface area contributed by atoms with Crippen LogP contribution in [-0.4, -0.2) is 49.8 Å². The molecule has 6 heteroatoms. The molecule has 1 aromatic rings. The number of rotatable bonds is 8. The van der Waals surface area contributed by atoms with Crippen LogP contribution < -0.4 is 5.73 Å². The summed E-state index contributed by atoms with van der Waals surface area (Å²) in [7, 11) is 1.59. The SMILES string of the molecule is COC(CN)CC(=O)N(Cc1ccccc1)CC1CCCO1.Cl. The molecule has 1 aliphatic rings. The van der Waals surface area contributed by atoms with Crippen LogP contribution in [0.3, 0.4) is 0 Å². The van der Waals surface area contributed by atoms with Crippen LogP contribution in [-0.2, 0) is 20.8 Å². The Balaban J connectivity index is 0.00000264. The minimum atomic E-state index is -0.227. The second-order valence-electron chi connectivity index (χ2n) is 5.69. The summed E-state index contributed by atoms with van der Waals surface area (Å²) in [6, 6.07) is 10.0. The molecule has 130 valence electrons. The van der Waals surface area contributed by atoms with E-state index in [2.05, 4.69) is 0 Å². The van der Waals surface area contributed by atoms with Crippen molar-refractivity contribution >= 4 is 18.3 Å². The zero-order valence-electron chi connectivity index (χ0n) is 13.6. The van der Waals surface area contributed by atoms with E-state index in [1.54, 1.807) is 7.11 Å². The standard InChI is InChI=1S/C17H26N2O3.ClH/c1-21-16(11-18)10-17(20)19(13-15-8-5-9-22-15)12-14-6-3-2-4-7-14;/h2-4,6-7,15-16H,5,8-13,18H2,1H3;1H. The first-order valence-electron chi connectivity index (χ1n) is 7.89. The maximum Gasteiger partial charge on any atom is 0.225 e. The van der Waals surface area contributed by atoms with Gasteiger partial charge in [0.1, 0.15) is 0 Å². The lowest BCUT2D eigenvalue weighted by Gasteiger charge is -2.27. The van der Waals surface area contributed by atoms with Gasteiger partial charge in [-0.25, -0.2) is 0 Å². The molecule has 1 heterocycles. The normalized spacial score (nSPS) is 18.3. The predicted octanol–water partition coefficient (Wildman–Crippen LogP) is 1.98. The van der Waals surface area contributed by atoms with Crippen molar-refractivity contribution in [2.75, 3.05) is 26.8 Å². The van der Waals surface area contributed by atoms with Gasteiger partial charge in [0.25, 0.3) is 0 Å². The number of nitrogens with zero attached hydrogens (tertiary/aromatic N) is 1. The average molecular weight is 343 g/mol. The van der Waals surface area contributed by atoms with E-state index in [1.165, 1.54) is 0 Å². The van der Waals surface area contributed by atoms with Crippen molar-refractivity contribution in [1.29, 1.82) is 0 Å². The van der Waals surface area contributed by atoms with Crippen LogP contribution in [0.5, 0.6) is 0 Å². The number of nitrogens with two attached hydrogens (primary N) is 1. The summed E-state index contributed by atoms with van der Waals surface area (Å²) in [5.74, 6) is 0.0663. The van der Waals surface area contributed by atoms with Crippen molar-refractivity contribution in [2.45, 2.75) is 38.0 Å². The Morgan fingerprint density at radius 1 is 1.43 bits per heavy atom. The van der Waals surface area contributed by atoms with E-state index in [-0.39, 0.29) is 30.5 Å². The Hall–Kier alpha value is -1.14. The summed E-state index contributed by atoms with van der Waals surface area (Å²) in [6.07, 6.45) is 2.32. The van der Waals surface area contributed by atoms with Crippen LogP contribution in [0.1, 0.15) is 24.8 Å². The van der Waals surface area contributed by atoms with Crippen molar-refractivity contribution in [2.24, 2.45) is 5.73 Å². The highest BCUT2D eigenvalue weighted by atomic mass is 35.5. The molecule has 2 unspecified atom stereocenters. The first-order valence-corrected chi connectivity index (χ1v) is 7.89. The average Bonchev–Trinajstić information content (AvgIpc) is 3.06. The second kappa shape index (κ2) is 10.6. The first kappa shape index (κ1) is 19.9. The van der Waals surface area contributed by atoms with Crippen molar-refractivity contribution in [3.63, 3.8) is 0 Å². The first-order chi connectivity index (χ1) is 10.7. The van der Waals surface area contributed by atoms with Gasteiger partial charge in [0.15, 0.2) is 0 Å². The zero-order chi connectivity index (χ0) is 15.8. The van der Waals surface area contributed by atoms with Crippen LogP contribution in [0, 0.1) is 0 Å². The van der Waals surface area contributed by atoms with Crippen molar-refractivity contribution in [3.8, 4) is 0 Å². The quantitative estimate of drug-likeness (QED) is 0.784. The molecular weight excluding hydrogens is 316 g/mol. The highest BCUT2D eigenvalue weighted by molar-refractivity contribution is 5.85. The second-order valence-corrected chi connectivity index (χ2v) is 5.69. The fraction of sp³-hybridized carbons (Fsp3) is 0.588. The molecule has 2 atom stereocenters. The van der Waals surface area contributed by atoms with Gasteiger partial charge in [-0.3, -0.25) is 4.79 Å². The van der Waals surface area contributed by atoms with E-state index in [9.17, 15) is 4.79 Å². The number of amides is 1. The predicted molar refractivity (Wildman–Crippen MR) is 92.5 cm³/mol. The Morgan fingerprint density at radius 3 is 2.74 bits per heavy atom. The van der Waals surface area contributed by atoms with Crippen molar-refractivity contribution in [3.05, 3.63) is 35.9 Å². The molecule has 1 fully saturated rings. The van der Waals surface area contributed by atoms with E-state index in [4.69, 9.17) is 15.2 Å². The molecule has 1 saturated heterocycles. The van der Waals surface area contributed by atoms with Gasteiger partial charge in [0.2, 0.25) is 5.91 Å². The lowest BCUT2D eigenvalue weighted by Crippen LogP contribution is -2.39. The molecular formula is C17H27ClN2O3. The third-order valence-electron chi connectivity index (χ3n) is 4.02. The summed E-state index contributed by atoms with van der Waals surface area (Å²) in [6.45, 7) is 2.37. The van der Waals surface area contributed by atoms with Crippen LogP contribution in [0.15, 0.2) is 30.3 Å². The van der Waals surface area contributed by atoms with Gasteiger partial charge in [0.05, 0.1) is 18.6 Å². The molecule has 0 spiro atoms. The fourth-order valence-electron chi connectivity index (χ4n) is 2.68. The van der Waals surface area contributed by atoms with Crippen LogP contribution in [0.4, 0.5) is 0 Å². The molecule has 0 aromatic heterocycles. The lowest BCUT2D eigenvalue weighted by atomic mass is 10.1. The molecule has 0 radical (unpaired) electrons. The van der Waals surface area contributed by atoms with E-state index in [1.807, 2.05) is 35.2 Å². The largest absolute Gasteiger partial charge is 0.380 e. The van der Waals surface area contributed by atoms with E-state index in [0.29, 0.717) is 26.1 Å². The molecule has 1 aromatic carbocycles. The molecule has 2 rings (SSSR count). The third-order valence-corrected chi connectivity index (χ3v) is 4.02. The molecule has 0 aliphatic carbocycles. The van der Waals surface area contributed by atoms with Gasteiger partial charge in [-0.2, -0.15) is 0 Å². The summed E-state index contributed by atoms with van der Waals surface area (Å²) < 4.78 is 10.9. The highest BCUT2D eigenvalue weighted by Gasteiger charge is 2.24. The van der Waals surface area contributed by atoms with Gasteiger partial charge in [-0.15, -0.1) is 12.4 Å². The Kier molecular flexibility index (Phi) is 9.17. The van der Waals surface area contributed by atoms with Gasteiger partial charge < -0.3 is 20.1 Å². The molecule has 0 bridgehead atoms. The summed E-state index contributed by atoms with van der Waals surface area (Å²) in [4.78, 5) is 14.5. The van der Waals surface area contributed by atoms with E-state index in [0.717, 1.165) is 25.0 Å². The number of methoxy groups -OCH3 is 1. The Labute approximate surface area is 144 Å². The highest BCUT2D eigenvalue weighted by Crippen LogP contribution is 2.16. The fourth-order valence-corrected chi connectivity index (χ4v) is 2.68. The van der Waals surface area contributed by atoms with Crippen LogP contribution in [0.2, 0.25) is 0 Å². The van der Waals surface area contributed by atoms with Gasteiger partial charge >= 0.3 is 0 Å². The minimum absolute atomic E-state index is 0. The summed E-state index contributed by atoms with van der Waals surface area (Å²) in [5.41, 5.74) is 6.75. The number of halogens is 1. The van der Waals surface area contributed by atoms with Gasteiger partial charge in [-0.1, -0.05) is 30.3 Å². The van der Waals surface area contributed by atoms with Crippen LogP contribution >= 0.6 is 12.4 Å². The Morgan fingerprint density at radius 2 is 2.17 bits per heavy atom. The zero-order valence-corrected chi connectivity index (χ0v) is 14.5. The van der Waals surface area contributed by atoms with Crippen molar-refractivity contribution < 1.29 is 14.3 Å². The molecule has 0 saturated carbocycles. The van der Waals surface area contributed by atoms with E-state index >= 15 is 0 Å². The number of carbonyl (C=O) groups excluding carboxylic acids is 1. The monoisotopic (exact) mass is 342 g/mol. The number of benzene rings is 1. The number of hydrogen-bond acceptors (Lipinski definition) is 4. The van der Waals surface area contributed by atoms with Crippen molar-refractivity contribution in [1.82, 2.24) is 4.90 Å². The van der Waals surface area contributed by atoms with E-state index < -0.39 is 0 Å². The minimum Gasteiger partial charge on any atom is -0.380 e. The van der Waals surface area contributed by atoms with Gasteiger partial charge in [-0.05, 0) is 18.4 Å². The maximum absolute atomic E-state index is 12.6. The molecule has 1 amide bonds. The summed E-state index contributed by atoms with van der Waals surface area (Å²) >= 11 is 0. The molecule has 5 nitrogen and oxygen atoms in total. The third kappa shape index (κ3) is 6.47. The number of carbonyl (C=O) groups is 1. The Bertz CT molecular complexity index is 448. The summed E-state index contributed by atoms with van der Waals surface area (Å²) in [5, 5.41) is 0. The number of ether oxygens (including phenoxy) is 2. The molecule has 23 heavy (non-hydrogen) atoms. The van der Waals surface area contributed by atoms with Crippen LogP contribution in [0.25, 0.3) is 0 Å². The maximum atomic E-state index is 12.6. The lowest BCUT2D eigenvalue weighted by molar-refractivity contribution is -0.135. The molecule has 2 N–H and O–H groups in total. The molecule has 1 aliphatic heterocycles. The van der Waals surface area contributed by atoms with Gasteiger partial charge in [0, 0.05) is 33.4 Å². The topological polar surface area (TPSA) is 64.8 Å². The number of hydrogen-bond donors (Lipinski definition) is 1.